The van der Waals surface area contributed by atoms with Gasteiger partial charge in [-0.25, -0.2) is 0 Å². The minimum absolute atomic E-state index is 0.290. The van der Waals surface area contributed by atoms with Crippen molar-refractivity contribution in [3.63, 3.8) is 0 Å². The van der Waals surface area contributed by atoms with Crippen molar-refractivity contribution in [2.45, 2.75) is 37.4 Å². The molecule has 0 spiro atoms. The minimum atomic E-state index is -1.27. The summed E-state index contributed by atoms with van der Waals surface area (Å²) in [5, 5.41) is 31.5. The molecule has 5 unspecified atom stereocenters. The number of aliphatic hydroxyl groups excluding tert-OH is 3. The first-order valence-corrected chi connectivity index (χ1v) is 6.34. The molecule has 1 fully saturated rings. The molecule has 6 nitrogen and oxygen atoms in total. The lowest BCUT2D eigenvalue weighted by Crippen LogP contribution is -2.63. The lowest BCUT2D eigenvalue weighted by molar-refractivity contribution is -0.190. The van der Waals surface area contributed by atoms with Crippen LogP contribution in [0.15, 0.2) is 37.0 Å². The summed E-state index contributed by atoms with van der Waals surface area (Å²) in [6.45, 7) is 8.25. The number of carbonyl (C=O) groups is 1. The van der Waals surface area contributed by atoms with E-state index >= 15 is 0 Å². The van der Waals surface area contributed by atoms with Crippen molar-refractivity contribution in [1.82, 2.24) is 5.32 Å². The molecule has 5 atom stereocenters. The number of aliphatic hydroxyl groups is 3. The van der Waals surface area contributed by atoms with Gasteiger partial charge >= 0.3 is 0 Å². The Morgan fingerprint density at radius 3 is 2.50 bits per heavy atom. The Morgan fingerprint density at radius 2 is 2.00 bits per heavy atom. The maximum atomic E-state index is 12.0. The Morgan fingerprint density at radius 1 is 1.35 bits per heavy atom. The van der Waals surface area contributed by atoms with E-state index in [0.29, 0.717) is 0 Å². The monoisotopic (exact) mass is 283 g/mol. The first-order valence-electron chi connectivity index (χ1n) is 6.34. The van der Waals surface area contributed by atoms with Crippen molar-refractivity contribution in [2.75, 3.05) is 6.61 Å². The molecule has 4 N–H and O–H groups in total. The number of ether oxygens (including phenoxy) is 1. The van der Waals surface area contributed by atoms with Gasteiger partial charge in [0.1, 0.15) is 18.3 Å². The van der Waals surface area contributed by atoms with Crippen molar-refractivity contribution in [1.29, 1.82) is 0 Å². The third-order valence-corrected chi connectivity index (χ3v) is 3.25. The molecule has 1 amide bonds. The zero-order chi connectivity index (χ0) is 15.3. The molecule has 1 rings (SSSR count). The highest BCUT2D eigenvalue weighted by atomic mass is 16.5. The van der Waals surface area contributed by atoms with Crippen LogP contribution < -0.4 is 5.32 Å². The van der Waals surface area contributed by atoms with Gasteiger partial charge in [0, 0.05) is 5.57 Å². The highest BCUT2D eigenvalue weighted by Crippen LogP contribution is 2.21. The quantitative estimate of drug-likeness (QED) is 0.394. The molecule has 1 aliphatic heterocycles. The van der Waals surface area contributed by atoms with Gasteiger partial charge in [-0.1, -0.05) is 31.4 Å². The number of amides is 1. The van der Waals surface area contributed by atoms with Crippen LogP contribution in [0.1, 0.15) is 6.92 Å². The van der Waals surface area contributed by atoms with E-state index in [9.17, 15) is 15.0 Å². The normalized spacial score (nSPS) is 34.4. The smallest absolute Gasteiger partial charge is 0.251 e. The van der Waals surface area contributed by atoms with Gasteiger partial charge in [0.15, 0.2) is 0 Å². The maximum Gasteiger partial charge on any atom is 0.251 e. The molecule has 0 saturated carbocycles. The number of allylic oxidation sites excluding steroid dienone is 2. The highest BCUT2D eigenvalue weighted by molar-refractivity contribution is 5.96. The van der Waals surface area contributed by atoms with Gasteiger partial charge in [0.2, 0.25) is 0 Å². The summed E-state index contributed by atoms with van der Waals surface area (Å²) in [6.07, 6.45) is 0.386. The summed E-state index contributed by atoms with van der Waals surface area (Å²) in [6, 6.07) is -0.784. The van der Waals surface area contributed by atoms with Gasteiger partial charge in [-0.05, 0) is 6.92 Å². The molecule has 6 heteroatoms. The topological polar surface area (TPSA) is 99.0 Å². The maximum absolute atomic E-state index is 12.0. The number of rotatable bonds is 5. The predicted molar refractivity (Wildman–Crippen MR) is 73.8 cm³/mol. The van der Waals surface area contributed by atoms with E-state index in [1.54, 1.807) is 6.92 Å². The summed E-state index contributed by atoms with van der Waals surface area (Å²) in [4.78, 5) is 12.0. The van der Waals surface area contributed by atoms with Gasteiger partial charge in [0.05, 0.1) is 18.8 Å². The molecular weight excluding hydrogens is 262 g/mol. The van der Waals surface area contributed by atoms with E-state index in [0.717, 1.165) is 0 Å². The van der Waals surface area contributed by atoms with Gasteiger partial charge in [-0.15, -0.1) is 0 Å². The number of hydrogen-bond donors (Lipinski definition) is 4. The molecule has 20 heavy (non-hydrogen) atoms. The summed E-state index contributed by atoms with van der Waals surface area (Å²) < 4.78 is 5.36. The van der Waals surface area contributed by atoms with Crippen LogP contribution in [0.3, 0.4) is 0 Å². The average Bonchev–Trinajstić information content (AvgIpc) is 2.44. The van der Waals surface area contributed by atoms with Crippen LogP contribution in [-0.2, 0) is 9.53 Å². The van der Waals surface area contributed by atoms with Gasteiger partial charge in [-0.2, -0.15) is 0 Å². The fourth-order valence-corrected chi connectivity index (χ4v) is 2.10. The van der Waals surface area contributed by atoms with E-state index in [1.807, 2.05) is 0 Å². The van der Waals surface area contributed by atoms with E-state index in [2.05, 4.69) is 18.5 Å². The molecule has 1 aliphatic rings. The van der Waals surface area contributed by atoms with Crippen molar-refractivity contribution < 1.29 is 24.9 Å². The van der Waals surface area contributed by atoms with Crippen LogP contribution >= 0.6 is 0 Å². The largest absolute Gasteiger partial charge is 0.394 e. The fourth-order valence-electron chi connectivity index (χ4n) is 2.10. The van der Waals surface area contributed by atoms with Crippen LogP contribution in [0.4, 0.5) is 0 Å². The molecule has 0 aromatic carbocycles. The molecule has 1 heterocycles. The minimum Gasteiger partial charge on any atom is -0.394 e. The van der Waals surface area contributed by atoms with Gasteiger partial charge < -0.3 is 25.4 Å². The van der Waals surface area contributed by atoms with E-state index in [1.165, 1.54) is 18.2 Å². The predicted octanol–water partition coefficient (Wildman–Crippen LogP) is -0.729. The van der Waals surface area contributed by atoms with E-state index in [4.69, 9.17) is 9.84 Å². The lowest BCUT2D eigenvalue weighted by Gasteiger charge is -2.41. The van der Waals surface area contributed by atoms with Crippen LogP contribution in [0.5, 0.6) is 0 Å². The summed E-state index contributed by atoms with van der Waals surface area (Å²) in [5.41, 5.74) is 0.290. The Balaban J connectivity index is 2.81. The third-order valence-electron chi connectivity index (χ3n) is 3.25. The van der Waals surface area contributed by atoms with E-state index in [-0.39, 0.29) is 5.57 Å². The molecule has 0 aliphatic carbocycles. The van der Waals surface area contributed by atoms with Gasteiger partial charge in [0.25, 0.3) is 5.91 Å². The van der Waals surface area contributed by atoms with Crippen LogP contribution in [0, 0.1) is 0 Å². The Kier molecular flexibility index (Phi) is 6.09. The Labute approximate surface area is 118 Å². The first kappa shape index (κ1) is 16.6. The standard InChI is InChI=1S/C14H21NO5/c1-4-6-9(5-2)14(19)15-11-8(3)20-10(7-16)12(17)13(11)18/h4-6,8,10-13,16-18H,1-2,7H2,3H3,(H,15,19)/b9-6+. The number of carbonyl (C=O) groups excluding carboxylic acids is 1. The average molecular weight is 283 g/mol. The number of hydrogen-bond acceptors (Lipinski definition) is 5. The second-order valence-corrected chi connectivity index (χ2v) is 4.60. The SMILES string of the molecule is C=C/C=C(\C=C)C(=O)NC1C(C)OC(CO)C(O)C1O. The molecule has 0 radical (unpaired) electrons. The molecule has 112 valence electrons. The van der Waals surface area contributed by atoms with E-state index < -0.39 is 43.0 Å². The van der Waals surface area contributed by atoms with Gasteiger partial charge in [-0.3, -0.25) is 4.79 Å². The van der Waals surface area contributed by atoms with Crippen LogP contribution in [0.25, 0.3) is 0 Å². The zero-order valence-corrected chi connectivity index (χ0v) is 11.4. The molecule has 1 saturated heterocycles. The van der Waals surface area contributed by atoms with Crippen molar-refractivity contribution in [3.05, 3.63) is 37.0 Å². The Bertz CT molecular complexity index is 406. The van der Waals surface area contributed by atoms with Crippen molar-refractivity contribution in [3.8, 4) is 0 Å². The molecule has 0 aromatic heterocycles. The van der Waals surface area contributed by atoms with Crippen molar-refractivity contribution in [2.24, 2.45) is 0 Å². The molecule has 0 bridgehead atoms. The fraction of sp³-hybridized carbons (Fsp3) is 0.500. The van der Waals surface area contributed by atoms with Crippen molar-refractivity contribution >= 4 is 5.91 Å². The summed E-state index contributed by atoms with van der Waals surface area (Å²) >= 11 is 0. The summed E-state index contributed by atoms with van der Waals surface area (Å²) in [5.74, 6) is -0.450. The lowest BCUT2D eigenvalue weighted by atomic mass is 9.93. The van der Waals surface area contributed by atoms with Crippen LogP contribution in [0.2, 0.25) is 0 Å². The Hall–Kier alpha value is -1.47. The zero-order valence-electron chi connectivity index (χ0n) is 11.4. The number of nitrogens with one attached hydrogen (secondary N) is 1. The molecular formula is C14H21NO5. The first-order chi connectivity index (χ1) is 9.46. The molecule has 0 aromatic rings. The van der Waals surface area contributed by atoms with Crippen LogP contribution in [-0.4, -0.2) is 58.3 Å². The highest BCUT2D eigenvalue weighted by Gasteiger charge is 2.42. The third kappa shape index (κ3) is 3.55. The summed E-state index contributed by atoms with van der Waals surface area (Å²) in [7, 11) is 0. The second-order valence-electron chi connectivity index (χ2n) is 4.60. The second kappa shape index (κ2) is 7.35.